The molecule has 4 aromatic rings. The van der Waals surface area contributed by atoms with Gasteiger partial charge in [-0.3, -0.25) is 9.20 Å². The van der Waals surface area contributed by atoms with Gasteiger partial charge < -0.3 is 9.47 Å². The molecule has 2 aromatic heterocycles. The van der Waals surface area contributed by atoms with Crippen LogP contribution in [-0.4, -0.2) is 44.3 Å². The molecule has 0 atom stereocenters. The van der Waals surface area contributed by atoms with Crippen molar-refractivity contribution >= 4 is 47.4 Å². The fourth-order valence-electron chi connectivity index (χ4n) is 3.93. The standard InChI is InChI=1S/C23H26N4O.2ClH/c1-4-25(5-2)15-16-26-19-13-9-10-14-20(19)27-22(17(3)28)21(24-23(26)27)18-11-7-6-8-12-18;;/h6-14H,4-5,15-16H2,1-3H3;2*1H. The molecule has 0 spiro atoms. The largest absolute Gasteiger partial charge is 0.308 e. The summed E-state index contributed by atoms with van der Waals surface area (Å²) in [6, 6.07) is 18.2. The average molecular weight is 447 g/mol. The molecular weight excluding hydrogens is 419 g/mol. The van der Waals surface area contributed by atoms with Crippen LogP contribution in [0.4, 0.5) is 0 Å². The van der Waals surface area contributed by atoms with Gasteiger partial charge in [0.2, 0.25) is 5.78 Å². The van der Waals surface area contributed by atoms with Gasteiger partial charge in [0.25, 0.3) is 0 Å². The monoisotopic (exact) mass is 446 g/mol. The lowest BCUT2D eigenvalue weighted by molar-refractivity contribution is 0.101. The van der Waals surface area contributed by atoms with Crippen molar-refractivity contribution in [3.63, 3.8) is 0 Å². The summed E-state index contributed by atoms with van der Waals surface area (Å²) in [5.74, 6) is 0.857. The van der Waals surface area contributed by atoms with Crippen molar-refractivity contribution in [2.24, 2.45) is 0 Å². The predicted octanol–water partition coefficient (Wildman–Crippen LogP) is 5.34. The molecule has 7 heteroatoms. The van der Waals surface area contributed by atoms with E-state index in [4.69, 9.17) is 4.98 Å². The number of hydrogen-bond donors (Lipinski definition) is 0. The Labute approximate surface area is 189 Å². The molecule has 0 aliphatic rings. The van der Waals surface area contributed by atoms with Crippen molar-refractivity contribution in [2.45, 2.75) is 27.3 Å². The minimum absolute atomic E-state index is 0. The van der Waals surface area contributed by atoms with Crippen LogP contribution in [0.25, 0.3) is 28.1 Å². The summed E-state index contributed by atoms with van der Waals surface area (Å²) < 4.78 is 4.27. The van der Waals surface area contributed by atoms with E-state index in [-0.39, 0.29) is 30.6 Å². The molecular formula is C23H28Cl2N4O. The van der Waals surface area contributed by atoms with Gasteiger partial charge in [0, 0.05) is 25.6 Å². The number of carbonyl (C=O) groups is 1. The van der Waals surface area contributed by atoms with Gasteiger partial charge >= 0.3 is 0 Å². The average Bonchev–Trinajstić information content (AvgIpc) is 3.25. The van der Waals surface area contributed by atoms with Crippen LogP contribution < -0.4 is 0 Å². The second-order valence-corrected chi connectivity index (χ2v) is 7.03. The van der Waals surface area contributed by atoms with Crippen molar-refractivity contribution in [1.82, 2.24) is 18.9 Å². The highest BCUT2D eigenvalue weighted by Gasteiger charge is 2.23. The highest BCUT2D eigenvalue weighted by molar-refractivity contribution is 6.01. The highest BCUT2D eigenvalue weighted by Crippen LogP contribution is 2.30. The molecule has 0 amide bonds. The molecule has 2 heterocycles. The van der Waals surface area contributed by atoms with E-state index in [9.17, 15) is 4.79 Å². The number of para-hydroxylation sites is 2. The maximum atomic E-state index is 12.6. The first-order valence-electron chi connectivity index (χ1n) is 9.94. The number of ketones is 1. The predicted molar refractivity (Wildman–Crippen MR) is 128 cm³/mol. The Hall–Kier alpha value is -2.34. The summed E-state index contributed by atoms with van der Waals surface area (Å²) in [5.41, 5.74) is 4.51. The number of fused-ring (bicyclic) bond motifs is 3. The Morgan fingerprint density at radius 2 is 1.53 bits per heavy atom. The van der Waals surface area contributed by atoms with Gasteiger partial charge in [0.15, 0.2) is 5.78 Å². The zero-order valence-corrected chi connectivity index (χ0v) is 19.2. The molecule has 2 aromatic carbocycles. The van der Waals surface area contributed by atoms with Crippen molar-refractivity contribution in [1.29, 1.82) is 0 Å². The topological polar surface area (TPSA) is 42.5 Å². The molecule has 0 unspecified atom stereocenters. The quantitative estimate of drug-likeness (QED) is 0.359. The zero-order chi connectivity index (χ0) is 19.7. The number of benzene rings is 2. The third-order valence-corrected chi connectivity index (χ3v) is 5.43. The summed E-state index contributed by atoms with van der Waals surface area (Å²) in [6.45, 7) is 9.82. The molecule has 0 aliphatic carbocycles. The molecule has 0 bridgehead atoms. The van der Waals surface area contributed by atoms with E-state index in [1.165, 1.54) is 0 Å². The second-order valence-electron chi connectivity index (χ2n) is 7.03. The van der Waals surface area contributed by atoms with E-state index in [1.54, 1.807) is 6.92 Å². The van der Waals surface area contributed by atoms with E-state index in [2.05, 4.69) is 35.4 Å². The number of likely N-dealkylation sites (N-methyl/N-ethyl adjacent to an activating group) is 1. The molecule has 0 fully saturated rings. The highest BCUT2D eigenvalue weighted by atomic mass is 35.5. The number of Topliss-reactive ketones (excluding diaryl/α,β-unsaturated/α-hetero) is 1. The van der Waals surface area contributed by atoms with Gasteiger partial charge in [-0.25, -0.2) is 4.98 Å². The summed E-state index contributed by atoms with van der Waals surface area (Å²) in [4.78, 5) is 20.0. The number of hydrogen-bond acceptors (Lipinski definition) is 3. The maximum Gasteiger partial charge on any atom is 0.216 e. The molecule has 160 valence electrons. The Balaban J connectivity index is 0.00000160. The molecule has 0 radical (unpaired) electrons. The third-order valence-electron chi connectivity index (χ3n) is 5.43. The minimum atomic E-state index is 0. The third kappa shape index (κ3) is 4.10. The van der Waals surface area contributed by atoms with Gasteiger partial charge in [-0.15, -0.1) is 24.8 Å². The number of halogens is 2. The lowest BCUT2D eigenvalue weighted by Gasteiger charge is -2.18. The first-order chi connectivity index (χ1) is 13.7. The molecule has 0 N–H and O–H groups in total. The summed E-state index contributed by atoms with van der Waals surface area (Å²) >= 11 is 0. The van der Waals surface area contributed by atoms with Gasteiger partial charge in [-0.05, 0) is 25.2 Å². The van der Waals surface area contributed by atoms with E-state index in [1.807, 2.05) is 46.9 Å². The van der Waals surface area contributed by atoms with Crippen LogP contribution in [0.2, 0.25) is 0 Å². The van der Waals surface area contributed by atoms with Crippen LogP contribution in [0.1, 0.15) is 31.3 Å². The maximum absolute atomic E-state index is 12.6. The fourth-order valence-corrected chi connectivity index (χ4v) is 3.93. The van der Waals surface area contributed by atoms with Gasteiger partial charge in [-0.2, -0.15) is 0 Å². The molecule has 0 saturated heterocycles. The lowest BCUT2D eigenvalue weighted by atomic mass is 10.1. The first-order valence-corrected chi connectivity index (χ1v) is 9.94. The van der Waals surface area contributed by atoms with Crippen LogP contribution in [0.5, 0.6) is 0 Å². The first kappa shape index (κ1) is 23.9. The van der Waals surface area contributed by atoms with E-state index >= 15 is 0 Å². The Morgan fingerprint density at radius 3 is 2.13 bits per heavy atom. The lowest BCUT2D eigenvalue weighted by Crippen LogP contribution is -2.27. The van der Waals surface area contributed by atoms with E-state index in [0.29, 0.717) is 5.69 Å². The van der Waals surface area contributed by atoms with Crippen molar-refractivity contribution < 1.29 is 4.79 Å². The van der Waals surface area contributed by atoms with Crippen molar-refractivity contribution in [3.05, 3.63) is 60.3 Å². The smallest absolute Gasteiger partial charge is 0.216 e. The van der Waals surface area contributed by atoms with E-state index < -0.39 is 0 Å². The van der Waals surface area contributed by atoms with Crippen LogP contribution in [0, 0.1) is 0 Å². The SMILES string of the molecule is CCN(CC)CCn1c2ccccc2n2c(C(C)=O)c(-c3ccccc3)nc12.Cl.Cl. The molecule has 30 heavy (non-hydrogen) atoms. The number of rotatable bonds is 7. The summed E-state index contributed by atoms with van der Waals surface area (Å²) in [7, 11) is 0. The molecule has 0 saturated carbocycles. The number of carbonyl (C=O) groups excluding carboxylic acids is 1. The fraction of sp³-hybridized carbons (Fsp3) is 0.304. The molecule has 0 aliphatic heterocycles. The Bertz CT molecular complexity index is 1130. The minimum Gasteiger partial charge on any atom is -0.308 e. The molecule has 4 rings (SSSR count). The van der Waals surface area contributed by atoms with Crippen LogP contribution in [-0.2, 0) is 6.54 Å². The second kappa shape index (κ2) is 10.1. The molecule has 5 nitrogen and oxygen atoms in total. The normalized spacial score (nSPS) is 10.9. The van der Waals surface area contributed by atoms with Crippen LogP contribution in [0.3, 0.4) is 0 Å². The van der Waals surface area contributed by atoms with Crippen molar-refractivity contribution in [2.75, 3.05) is 19.6 Å². The summed E-state index contributed by atoms with van der Waals surface area (Å²) in [6.07, 6.45) is 0. The van der Waals surface area contributed by atoms with Gasteiger partial charge in [0.05, 0.1) is 11.0 Å². The van der Waals surface area contributed by atoms with Gasteiger partial charge in [0.1, 0.15) is 11.4 Å². The van der Waals surface area contributed by atoms with Crippen molar-refractivity contribution in [3.8, 4) is 11.3 Å². The summed E-state index contributed by atoms with van der Waals surface area (Å²) in [5, 5.41) is 0. The van der Waals surface area contributed by atoms with E-state index in [0.717, 1.165) is 54.2 Å². The van der Waals surface area contributed by atoms with Crippen LogP contribution in [0.15, 0.2) is 54.6 Å². The Kier molecular flexibility index (Phi) is 8.07. The Morgan fingerprint density at radius 1 is 0.933 bits per heavy atom. The number of aromatic nitrogens is 3. The number of nitrogens with zero attached hydrogens (tertiary/aromatic N) is 4. The van der Waals surface area contributed by atoms with Crippen LogP contribution >= 0.6 is 24.8 Å². The van der Waals surface area contributed by atoms with Gasteiger partial charge in [-0.1, -0.05) is 56.3 Å². The number of imidazole rings is 2. The zero-order valence-electron chi connectivity index (χ0n) is 17.5.